The van der Waals surface area contributed by atoms with E-state index in [9.17, 15) is 9.90 Å². The molecule has 0 spiro atoms. The predicted octanol–water partition coefficient (Wildman–Crippen LogP) is 1.09. The first kappa shape index (κ1) is 12.5. The Morgan fingerprint density at radius 2 is 2.20 bits per heavy atom. The van der Waals surface area contributed by atoms with Gasteiger partial charge < -0.3 is 15.1 Å². The minimum atomic E-state index is -0.988. The summed E-state index contributed by atoms with van der Waals surface area (Å²) in [7, 11) is 0. The van der Waals surface area contributed by atoms with Crippen LogP contribution in [0.5, 0.6) is 0 Å². The fourth-order valence-electron chi connectivity index (χ4n) is 2.14. The molecule has 0 amide bonds. The van der Waals surface area contributed by atoms with Gasteiger partial charge in [0.25, 0.3) is 0 Å². The average Bonchev–Trinajstić information content (AvgIpc) is 2.46. The number of rotatable bonds is 6. The highest BCUT2D eigenvalue weighted by atomic mass is 16.4. The molecular weight excluding hydrogens is 194 g/mol. The number of carboxylic acids is 1. The van der Waals surface area contributed by atoms with Crippen molar-refractivity contribution in [2.24, 2.45) is 0 Å². The second-order valence-corrected chi connectivity index (χ2v) is 4.53. The SMILES string of the molecule is CCCCCN1CCC(O)(CC(=O)O)C1. The van der Waals surface area contributed by atoms with Gasteiger partial charge in [0, 0.05) is 13.1 Å². The van der Waals surface area contributed by atoms with Crippen LogP contribution >= 0.6 is 0 Å². The molecule has 0 aliphatic carbocycles. The maximum absolute atomic E-state index is 10.5. The molecule has 1 atom stereocenters. The quantitative estimate of drug-likeness (QED) is 0.651. The second-order valence-electron chi connectivity index (χ2n) is 4.53. The molecule has 1 aliphatic rings. The third-order valence-corrected chi connectivity index (χ3v) is 2.97. The summed E-state index contributed by atoms with van der Waals surface area (Å²) in [5.41, 5.74) is -0.988. The van der Waals surface area contributed by atoms with E-state index in [0.29, 0.717) is 13.0 Å². The molecule has 88 valence electrons. The van der Waals surface area contributed by atoms with Crippen molar-refractivity contribution in [2.45, 2.75) is 44.6 Å². The Morgan fingerprint density at radius 1 is 1.47 bits per heavy atom. The number of hydrogen-bond acceptors (Lipinski definition) is 3. The highest BCUT2D eigenvalue weighted by Crippen LogP contribution is 2.24. The molecule has 0 saturated carbocycles. The standard InChI is InChI=1S/C11H21NO3/c1-2-3-4-6-12-7-5-11(15,9-12)8-10(13)14/h15H,2-9H2,1H3,(H,13,14). The van der Waals surface area contributed by atoms with Gasteiger partial charge in [-0.3, -0.25) is 4.79 Å². The lowest BCUT2D eigenvalue weighted by molar-refractivity contribution is -0.142. The lowest BCUT2D eigenvalue weighted by Crippen LogP contribution is -2.35. The Hall–Kier alpha value is -0.610. The van der Waals surface area contributed by atoms with Crippen molar-refractivity contribution < 1.29 is 15.0 Å². The van der Waals surface area contributed by atoms with Crippen LogP contribution in [0, 0.1) is 0 Å². The molecule has 0 aromatic carbocycles. The number of unbranched alkanes of at least 4 members (excludes halogenated alkanes) is 2. The van der Waals surface area contributed by atoms with Gasteiger partial charge in [-0.2, -0.15) is 0 Å². The number of aliphatic carboxylic acids is 1. The van der Waals surface area contributed by atoms with Crippen LogP contribution in [-0.4, -0.2) is 46.3 Å². The molecule has 0 bridgehead atoms. The summed E-state index contributed by atoms with van der Waals surface area (Å²) >= 11 is 0. The van der Waals surface area contributed by atoms with Gasteiger partial charge in [-0.1, -0.05) is 19.8 Å². The van der Waals surface area contributed by atoms with E-state index in [2.05, 4.69) is 11.8 Å². The molecule has 1 fully saturated rings. The van der Waals surface area contributed by atoms with Crippen molar-refractivity contribution in [1.82, 2.24) is 4.90 Å². The van der Waals surface area contributed by atoms with Crippen LogP contribution in [0.3, 0.4) is 0 Å². The summed E-state index contributed by atoms with van der Waals surface area (Å²) in [6.07, 6.45) is 3.99. The largest absolute Gasteiger partial charge is 0.481 e. The molecule has 4 nitrogen and oxygen atoms in total. The number of carboxylic acid groups (broad SMARTS) is 1. The van der Waals surface area contributed by atoms with E-state index in [1.165, 1.54) is 12.8 Å². The summed E-state index contributed by atoms with van der Waals surface area (Å²) in [6.45, 7) is 4.48. The van der Waals surface area contributed by atoms with Crippen molar-refractivity contribution >= 4 is 5.97 Å². The van der Waals surface area contributed by atoms with E-state index in [1.807, 2.05) is 0 Å². The zero-order valence-electron chi connectivity index (χ0n) is 9.41. The van der Waals surface area contributed by atoms with Crippen LogP contribution in [0.4, 0.5) is 0 Å². The summed E-state index contributed by atoms with van der Waals surface area (Å²) in [5.74, 6) is -0.909. The minimum absolute atomic E-state index is 0.128. The molecular formula is C11H21NO3. The molecule has 0 aromatic heterocycles. The molecule has 1 rings (SSSR count). The summed E-state index contributed by atoms with van der Waals surface area (Å²) in [4.78, 5) is 12.7. The normalized spacial score (nSPS) is 27.1. The van der Waals surface area contributed by atoms with Gasteiger partial charge in [-0.25, -0.2) is 0 Å². The van der Waals surface area contributed by atoms with Gasteiger partial charge >= 0.3 is 5.97 Å². The molecule has 1 aliphatic heterocycles. The van der Waals surface area contributed by atoms with Gasteiger partial charge in [0.05, 0.1) is 12.0 Å². The van der Waals surface area contributed by atoms with Gasteiger partial charge in [-0.05, 0) is 19.4 Å². The summed E-state index contributed by atoms with van der Waals surface area (Å²) < 4.78 is 0. The maximum atomic E-state index is 10.5. The number of likely N-dealkylation sites (tertiary alicyclic amines) is 1. The van der Waals surface area contributed by atoms with Crippen LogP contribution in [0.1, 0.15) is 39.0 Å². The topological polar surface area (TPSA) is 60.8 Å². The summed E-state index contributed by atoms with van der Waals surface area (Å²) in [6, 6.07) is 0. The van der Waals surface area contributed by atoms with E-state index in [-0.39, 0.29) is 6.42 Å². The fraction of sp³-hybridized carbons (Fsp3) is 0.909. The molecule has 0 radical (unpaired) electrons. The van der Waals surface area contributed by atoms with Gasteiger partial charge in [-0.15, -0.1) is 0 Å². The zero-order chi connectivity index (χ0) is 11.3. The number of β-amino-alcohol motifs (C(OH)–C–C–N with tert-alkyl or cyclic N) is 1. The lowest BCUT2D eigenvalue weighted by Gasteiger charge is -2.21. The molecule has 4 heteroatoms. The highest BCUT2D eigenvalue weighted by Gasteiger charge is 2.37. The first-order valence-corrected chi connectivity index (χ1v) is 5.72. The van der Waals surface area contributed by atoms with E-state index < -0.39 is 11.6 Å². The smallest absolute Gasteiger partial charge is 0.306 e. The Kier molecular flexibility index (Phi) is 4.54. The van der Waals surface area contributed by atoms with Gasteiger partial charge in [0.15, 0.2) is 0 Å². The van der Waals surface area contributed by atoms with E-state index in [0.717, 1.165) is 19.5 Å². The average molecular weight is 215 g/mol. The minimum Gasteiger partial charge on any atom is -0.481 e. The zero-order valence-corrected chi connectivity index (χ0v) is 9.41. The van der Waals surface area contributed by atoms with Crippen molar-refractivity contribution in [3.8, 4) is 0 Å². The van der Waals surface area contributed by atoms with Crippen molar-refractivity contribution in [1.29, 1.82) is 0 Å². The van der Waals surface area contributed by atoms with Crippen LogP contribution in [-0.2, 0) is 4.79 Å². The summed E-state index contributed by atoms with van der Waals surface area (Å²) in [5, 5.41) is 18.6. The molecule has 1 saturated heterocycles. The first-order valence-electron chi connectivity index (χ1n) is 5.72. The maximum Gasteiger partial charge on any atom is 0.306 e. The second kappa shape index (κ2) is 5.47. The van der Waals surface area contributed by atoms with Crippen molar-refractivity contribution in [3.05, 3.63) is 0 Å². The van der Waals surface area contributed by atoms with E-state index in [1.54, 1.807) is 0 Å². The molecule has 2 N–H and O–H groups in total. The Morgan fingerprint density at radius 3 is 2.80 bits per heavy atom. The third-order valence-electron chi connectivity index (χ3n) is 2.97. The number of aliphatic hydroxyl groups is 1. The monoisotopic (exact) mass is 215 g/mol. The number of nitrogens with zero attached hydrogens (tertiary/aromatic N) is 1. The molecule has 1 heterocycles. The van der Waals surface area contributed by atoms with E-state index in [4.69, 9.17) is 5.11 Å². The van der Waals surface area contributed by atoms with Gasteiger partial charge in [0.2, 0.25) is 0 Å². The fourth-order valence-corrected chi connectivity index (χ4v) is 2.14. The number of hydrogen-bond donors (Lipinski definition) is 2. The lowest BCUT2D eigenvalue weighted by atomic mass is 9.99. The Balaban J connectivity index is 2.27. The van der Waals surface area contributed by atoms with Crippen LogP contribution in [0.2, 0.25) is 0 Å². The predicted molar refractivity (Wildman–Crippen MR) is 57.8 cm³/mol. The van der Waals surface area contributed by atoms with Crippen LogP contribution < -0.4 is 0 Å². The van der Waals surface area contributed by atoms with Crippen LogP contribution in [0.25, 0.3) is 0 Å². The Labute approximate surface area is 90.9 Å². The van der Waals surface area contributed by atoms with Gasteiger partial charge in [0.1, 0.15) is 0 Å². The van der Waals surface area contributed by atoms with Crippen molar-refractivity contribution in [3.63, 3.8) is 0 Å². The first-order chi connectivity index (χ1) is 7.06. The number of carbonyl (C=O) groups is 1. The molecule has 1 unspecified atom stereocenters. The third kappa shape index (κ3) is 4.18. The molecule has 0 aromatic rings. The van der Waals surface area contributed by atoms with Crippen molar-refractivity contribution in [2.75, 3.05) is 19.6 Å². The van der Waals surface area contributed by atoms with E-state index >= 15 is 0 Å². The molecule has 15 heavy (non-hydrogen) atoms. The Bertz CT molecular complexity index is 220. The highest BCUT2D eigenvalue weighted by molar-refractivity contribution is 5.68. The van der Waals surface area contributed by atoms with Crippen LogP contribution in [0.15, 0.2) is 0 Å².